The van der Waals surface area contributed by atoms with Crippen molar-refractivity contribution in [1.82, 2.24) is 20.4 Å². The molecule has 4 N–H and O–H groups in total. The van der Waals surface area contributed by atoms with Crippen LogP contribution in [0.15, 0.2) is 0 Å². The molecule has 0 radical (unpaired) electrons. The number of aryl methyl sites for hydroxylation is 1. The van der Waals surface area contributed by atoms with Crippen molar-refractivity contribution >= 4 is 17.5 Å². The number of aromatic amines is 1. The average Bonchev–Trinajstić information content (AvgIpc) is 2.68. The number of nitrogens with two attached hydrogens (primary N) is 1. The quantitative estimate of drug-likeness (QED) is 0.751. The molecule has 1 aromatic heterocycles. The molecule has 0 aliphatic heterocycles. The van der Waals surface area contributed by atoms with Gasteiger partial charge in [0.25, 0.3) is 5.91 Å². The highest BCUT2D eigenvalue weighted by Crippen LogP contribution is 2.17. The van der Waals surface area contributed by atoms with Crippen LogP contribution >= 0.6 is 0 Å². The molecule has 0 aliphatic carbocycles. The number of hydrogen-bond donors (Lipinski definition) is 3. The fraction of sp³-hybridized carbons (Fsp3) is 0.643. The molecule has 0 bridgehead atoms. The minimum atomic E-state index is -0.366. The third kappa shape index (κ3) is 4.77. The fourth-order valence-electron chi connectivity index (χ4n) is 1.92. The van der Waals surface area contributed by atoms with Crippen LogP contribution in [0.25, 0.3) is 0 Å². The van der Waals surface area contributed by atoms with Gasteiger partial charge >= 0.3 is 0 Å². The van der Waals surface area contributed by atoms with Crippen molar-refractivity contribution < 1.29 is 9.59 Å². The first-order valence-corrected chi connectivity index (χ1v) is 7.05. The number of nitrogens with one attached hydrogen (secondary N) is 2. The number of carbonyl (C=O) groups is 2. The van der Waals surface area contributed by atoms with Crippen LogP contribution in [-0.2, 0) is 11.2 Å². The Morgan fingerprint density at radius 3 is 2.52 bits per heavy atom. The highest BCUT2D eigenvalue weighted by molar-refractivity contribution is 5.99. The van der Waals surface area contributed by atoms with E-state index in [4.69, 9.17) is 5.73 Å². The highest BCUT2D eigenvalue weighted by Gasteiger charge is 2.23. The number of aromatic nitrogens is 2. The molecule has 0 aromatic carbocycles. The third-order valence-corrected chi connectivity index (χ3v) is 2.83. The van der Waals surface area contributed by atoms with Gasteiger partial charge in [-0.1, -0.05) is 13.3 Å². The van der Waals surface area contributed by atoms with Gasteiger partial charge < -0.3 is 16.0 Å². The molecule has 0 saturated carbocycles. The number of rotatable bonds is 5. The Hall–Kier alpha value is -2.05. The second-order valence-corrected chi connectivity index (χ2v) is 6.17. The second-order valence-electron chi connectivity index (χ2n) is 6.17. The minimum absolute atomic E-state index is 0.0362. The van der Waals surface area contributed by atoms with E-state index in [2.05, 4.69) is 15.5 Å². The number of carbonyl (C=O) groups excluding carboxylic acids is 2. The summed E-state index contributed by atoms with van der Waals surface area (Å²) in [5, 5.41) is 9.55. The van der Waals surface area contributed by atoms with E-state index in [0.717, 1.165) is 18.5 Å². The number of nitrogens with zero attached hydrogens (tertiary/aromatic N) is 2. The molecule has 0 atom stereocenters. The zero-order valence-corrected chi connectivity index (χ0v) is 13.4. The van der Waals surface area contributed by atoms with E-state index < -0.39 is 0 Å². The van der Waals surface area contributed by atoms with Gasteiger partial charge in [-0.2, -0.15) is 5.10 Å². The normalized spacial score (nSPS) is 11.3. The standard InChI is InChI=1S/C14H25N5O2/c1-6-7-9-11(15)12(18-17-9)13(21)19(5)8-10(20)16-14(2,3)4/h6-8,15H2,1-5H3,(H,16,20)(H,17,18). The van der Waals surface area contributed by atoms with Crippen molar-refractivity contribution in [1.29, 1.82) is 0 Å². The van der Waals surface area contributed by atoms with Gasteiger partial charge in [0, 0.05) is 12.6 Å². The first-order chi connectivity index (χ1) is 9.65. The monoisotopic (exact) mass is 295 g/mol. The van der Waals surface area contributed by atoms with Crippen LogP contribution in [0.3, 0.4) is 0 Å². The zero-order chi connectivity index (χ0) is 16.2. The van der Waals surface area contributed by atoms with E-state index in [1.165, 1.54) is 4.90 Å². The lowest BCUT2D eigenvalue weighted by atomic mass is 10.1. The number of H-pyrrole nitrogens is 1. The van der Waals surface area contributed by atoms with Crippen LogP contribution in [0.4, 0.5) is 5.69 Å². The Balaban J connectivity index is 2.73. The second kappa shape index (κ2) is 6.60. The maximum Gasteiger partial charge on any atom is 0.276 e. The summed E-state index contributed by atoms with van der Waals surface area (Å²) in [5.41, 5.74) is 6.88. The molecule has 0 aliphatic rings. The van der Waals surface area contributed by atoms with Gasteiger partial charge in [0.15, 0.2) is 5.69 Å². The number of hydrogen-bond acceptors (Lipinski definition) is 4. The summed E-state index contributed by atoms with van der Waals surface area (Å²) in [6.07, 6.45) is 1.64. The summed E-state index contributed by atoms with van der Waals surface area (Å²) in [4.78, 5) is 25.4. The Labute approximate surface area is 125 Å². The van der Waals surface area contributed by atoms with Crippen molar-refractivity contribution in [2.24, 2.45) is 0 Å². The summed E-state index contributed by atoms with van der Waals surface area (Å²) < 4.78 is 0. The molecular weight excluding hydrogens is 270 g/mol. The Morgan fingerprint density at radius 2 is 2.00 bits per heavy atom. The van der Waals surface area contributed by atoms with Gasteiger partial charge in [-0.3, -0.25) is 14.7 Å². The van der Waals surface area contributed by atoms with Crippen molar-refractivity contribution in [3.05, 3.63) is 11.4 Å². The average molecular weight is 295 g/mol. The third-order valence-electron chi connectivity index (χ3n) is 2.83. The van der Waals surface area contributed by atoms with Crippen LogP contribution in [0.1, 0.15) is 50.3 Å². The number of anilines is 1. The molecule has 7 nitrogen and oxygen atoms in total. The van der Waals surface area contributed by atoms with Gasteiger partial charge in [-0.05, 0) is 27.2 Å². The molecule has 1 heterocycles. The predicted molar refractivity (Wildman–Crippen MR) is 81.9 cm³/mol. The van der Waals surface area contributed by atoms with E-state index >= 15 is 0 Å². The molecule has 118 valence electrons. The molecule has 2 amide bonds. The Kier molecular flexibility index (Phi) is 5.34. The summed E-state index contributed by atoms with van der Waals surface area (Å²) in [5.74, 6) is -0.587. The zero-order valence-electron chi connectivity index (χ0n) is 13.4. The summed E-state index contributed by atoms with van der Waals surface area (Å²) in [6.45, 7) is 7.64. The number of nitrogen functional groups attached to an aromatic ring is 1. The van der Waals surface area contributed by atoms with E-state index in [9.17, 15) is 9.59 Å². The predicted octanol–water partition coefficient (Wildman–Crippen LogP) is 0.931. The minimum Gasteiger partial charge on any atom is -0.395 e. The van der Waals surface area contributed by atoms with E-state index in [-0.39, 0.29) is 29.6 Å². The summed E-state index contributed by atoms with van der Waals surface area (Å²) >= 11 is 0. The van der Waals surface area contributed by atoms with Gasteiger partial charge in [0.2, 0.25) is 5.91 Å². The molecule has 0 spiro atoms. The topological polar surface area (TPSA) is 104 Å². The van der Waals surface area contributed by atoms with E-state index in [1.54, 1.807) is 7.05 Å². The van der Waals surface area contributed by atoms with Crippen LogP contribution in [0, 0.1) is 0 Å². The number of likely N-dealkylation sites (N-methyl/N-ethyl adjacent to an activating group) is 1. The molecule has 21 heavy (non-hydrogen) atoms. The van der Waals surface area contributed by atoms with Crippen LogP contribution < -0.4 is 11.1 Å². The summed E-state index contributed by atoms with van der Waals surface area (Å²) in [7, 11) is 1.55. The molecule has 0 saturated heterocycles. The van der Waals surface area contributed by atoms with Crippen molar-refractivity contribution in [2.45, 2.75) is 46.1 Å². The Bertz CT molecular complexity index is 516. The molecule has 0 fully saturated rings. The van der Waals surface area contributed by atoms with Crippen LogP contribution in [0.5, 0.6) is 0 Å². The van der Waals surface area contributed by atoms with Gasteiger partial charge in [0.05, 0.1) is 17.9 Å². The van der Waals surface area contributed by atoms with Gasteiger partial charge in [0.1, 0.15) is 0 Å². The summed E-state index contributed by atoms with van der Waals surface area (Å²) in [6, 6.07) is 0. The smallest absolute Gasteiger partial charge is 0.276 e. The van der Waals surface area contributed by atoms with Gasteiger partial charge in [-0.15, -0.1) is 0 Å². The maximum absolute atomic E-state index is 12.3. The van der Waals surface area contributed by atoms with Crippen molar-refractivity contribution in [2.75, 3.05) is 19.3 Å². The molecular formula is C14H25N5O2. The maximum atomic E-state index is 12.3. The molecule has 0 unspecified atom stereocenters. The fourth-order valence-corrected chi connectivity index (χ4v) is 1.92. The van der Waals surface area contributed by atoms with Crippen LogP contribution in [-0.4, -0.2) is 46.0 Å². The van der Waals surface area contributed by atoms with Crippen molar-refractivity contribution in [3.63, 3.8) is 0 Å². The Morgan fingerprint density at radius 1 is 1.38 bits per heavy atom. The van der Waals surface area contributed by atoms with Crippen molar-refractivity contribution in [3.8, 4) is 0 Å². The first kappa shape index (κ1) is 17.0. The lowest BCUT2D eigenvalue weighted by Gasteiger charge is -2.23. The highest BCUT2D eigenvalue weighted by atomic mass is 16.2. The van der Waals surface area contributed by atoms with E-state index in [1.807, 2.05) is 27.7 Å². The SMILES string of the molecule is CCCc1[nH]nc(C(=O)N(C)CC(=O)NC(C)(C)C)c1N. The first-order valence-electron chi connectivity index (χ1n) is 7.05. The number of amides is 2. The lowest BCUT2D eigenvalue weighted by Crippen LogP contribution is -2.46. The molecule has 7 heteroatoms. The lowest BCUT2D eigenvalue weighted by molar-refractivity contribution is -0.122. The van der Waals surface area contributed by atoms with Crippen LogP contribution in [0.2, 0.25) is 0 Å². The van der Waals surface area contributed by atoms with E-state index in [0.29, 0.717) is 5.69 Å². The van der Waals surface area contributed by atoms with Gasteiger partial charge in [-0.25, -0.2) is 0 Å². The molecule has 1 rings (SSSR count). The molecule has 1 aromatic rings. The largest absolute Gasteiger partial charge is 0.395 e.